The number of nitrogens with zero attached hydrogens (tertiary/aromatic N) is 1. The molecule has 0 saturated carbocycles. The first-order chi connectivity index (χ1) is 8.73. The molecule has 1 atom stereocenters. The fourth-order valence-electron chi connectivity index (χ4n) is 3.42. The van der Waals surface area contributed by atoms with Crippen LogP contribution in [-0.4, -0.2) is 44.7 Å². The molecular formula is C14H28N2O2S. The SMILES string of the molecule is CC(C)(C)CS(=O)(=O)N1CCCC2(CCCNC2)C1. The van der Waals surface area contributed by atoms with Gasteiger partial charge in [-0.15, -0.1) is 0 Å². The monoisotopic (exact) mass is 288 g/mol. The lowest BCUT2D eigenvalue weighted by atomic mass is 9.75. The maximum absolute atomic E-state index is 12.5. The molecule has 1 spiro atoms. The first kappa shape index (κ1) is 15.3. The van der Waals surface area contributed by atoms with Crippen LogP contribution >= 0.6 is 0 Å². The summed E-state index contributed by atoms with van der Waals surface area (Å²) in [5, 5.41) is 3.44. The fraction of sp³-hybridized carbons (Fsp3) is 1.00. The second-order valence-corrected chi connectivity index (χ2v) is 9.50. The van der Waals surface area contributed by atoms with Gasteiger partial charge in [-0.1, -0.05) is 20.8 Å². The molecule has 0 bridgehead atoms. The van der Waals surface area contributed by atoms with Crippen LogP contribution in [0, 0.1) is 10.8 Å². The Bertz CT molecular complexity index is 400. The Hall–Kier alpha value is -0.130. The number of nitrogens with one attached hydrogen (secondary N) is 1. The van der Waals surface area contributed by atoms with Crippen molar-refractivity contribution in [1.82, 2.24) is 9.62 Å². The molecule has 0 aromatic heterocycles. The van der Waals surface area contributed by atoms with E-state index in [-0.39, 0.29) is 16.6 Å². The van der Waals surface area contributed by atoms with E-state index >= 15 is 0 Å². The second kappa shape index (κ2) is 5.34. The molecule has 2 heterocycles. The number of sulfonamides is 1. The average molecular weight is 288 g/mol. The summed E-state index contributed by atoms with van der Waals surface area (Å²) in [5.74, 6) is 0.253. The highest BCUT2D eigenvalue weighted by molar-refractivity contribution is 7.89. The van der Waals surface area contributed by atoms with Crippen molar-refractivity contribution in [2.45, 2.75) is 46.5 Å². The summed E-state index contributed by atoms with van der Waals surface area (Å²) >= 11 is 0. The molecule has 0 radical (unpaired) electrons. The highest BCUT2D eigenvalue weighted by atomic mass is 32.2. The summed E-state index contributed by atoms with van der Waals surface area (Å²) in [6, 6.07) is 0. The third-order valence-corrected chi connectivity index (χ3v) is 6.53. The van der Waals surface area contributed by atoms with Crippen LogP contribution in [0.2, 0.25) is 0 Å². The molecule has 2 aliphatic rings. The maximum Gasteiger partial charge on any atom is 0.214 e. The summed E-state index contributed by atoms with van der Waals surface area (Å²) in [6.07, 6.45) is 4.52. The molecular weight excluding hydrogens is 260 g/mol. The molecule has 2 rings (SSSR count). The molecule has 5 heteroatoms. The quantitative estimate of drug-likeness (QED) is 0.843. The van der Waals surface area contributed by atoms with Crippen molar-refractivity contribution < 1.29 is 8.42 Å². The summed E-state index contributed by atoms with van der Waals surface area (Å²) in [5.41, 5.74) is 0.0235. The molecule has 0 aliphatic carbocycles. The Morgan fingerprint density at radius 2 is 1.89 bits per heavy atom. The minimum atomic E-state index is -3.11. The van der Waals surface area contributed by atoms with Crippen LogP contribution in [0.4, 0.5) is 0 Å². The van der Waals surface area contributed by atoms with Gasteiger partial charge in [0.15, 0.2) is 0 Å². The van der Waals surface area contributed by atoms with Crippen LogP contribution in [0.5, 0.6) is 0 Å². The largest absolute Gasteiger partial charge is 0.316 e. The van der Waals surface area contributed by atoms with Crippen molar-refractivity contribution in [3.05, 3.63) is 0 Å². The predicted molar refractivity (Wildman–Crippen MR) is 78.6 cm³/mol. The van der Waals surface area contributed by atoms with E-state index in [9.17, 15) is 8.42 Å². The molecule has 2 saturated heterocycles. The smallest absolute Gasteiger partial charge is 0.214 e. The number of piperidine rings is 2. The fourth-order valence-corrected chi connectivity index (χ4v) is 5.57. The van der Waals surface area contributed by atoms with E-state index in [4.69, 9.17) is 0 Å². The van der Waals surface area contributed by atoms with Gasteiger partial charge in [-0.3, -0.25) is 0 Å². The van der Waals surface area contributed by atoms with E-state index in [1.54, 1.807) is 4.31 Å². The van der Waals surface area contributed by atoms with Gasteiger partial charge in [0, 0.05) is 19.6 Å². The molecule has 0 aromatic rings. The average Bonchev–Trinajstić information content (AvgIpc) is 2.27. The van der Waals surface area contributed by atoms with E-state index < -0.39 is 10.0 Å². The number of hydrogen-bond donors (Lipinski definition) is 1. The Kier molecular flexibility index (Phi) is 4.29. The van der Waals surface area contributed by atoms with E-state index in [1.165, 1.54) is 19.3 Å². The third kappa shape index (κ3) is 3.92. The Morgan fingerprint density at radius 3 is 2.47 bits per heavy atom. The number of rotatable bonds is 2. The molecule has 0 aromatic carbocycles. The normalized spacial score (nSPS) is 30.7. The van der Waals surface area contributed by atoms with Crippen LogP contribution in [0.25, 0.3) is 0 Å². The van der Waals surface area contributed by atoms with Crippen LogP contribution in [0.1, 0.15) is 46.5 Å². The van der Waals surface area contributed by atoms with Crippen molar-refractivity contribution in [3.8, 4) is 0 Å². The zero-order chi connectivity index (χ0) is 14.1. The summed E-state index contributed by atoms with van der Waals surface area (Å²) in [4.78, 5) is 0. The van der Waals surface area contributed by atoms with E-state index in [0.29, 0.717) is 6.54 Å². The van der Waals surface area contributed by atoms with Gasteiger partial charge < -0.3 is 5.32 Å². The van der Waals surface area contributed by atoms with Gasteiger partial charge in [0.05, 0.1) is 5.75 Å². The number of hydrogen-bond acceptors (Lipinski definition) is 3. The molecule has 1 unspecified atom stereocenters. The molecule has 4 nitrogen and oxygen atoms in total. The van der Waals surface area contributed by atoms with E-state index in [2.05, 4.69) is 5.32 Å². The van der Waals surface area contributed by atoms with Gasteiger partial charge in [-0.05, 0) is 43.1 Å². The van der Waals surface area contributed by atoms with Gasteiger partial charge >= 0.3 is 0 Å². The molecule has 2 aliphatic heterocycles. The molecule has 1 N–H and O–H groups in total. The molecule has 2 fully saturated rings. The van der Waals surface area contributed by atoms with Crippen molar-refractivity contribution in [2.24, 2.45) is 10.8 Å². The third-order valence-electron chi connectivity index (χ3n) is 4.20. The van der Waals surface area contributed by atoms with Crippen molar-refractivity contribution in [1.29, 1.82) is 0 Å². The summed E-state index contributed by atoms with van der Waals surface area (Å²) in [7, 11) is -3.11. The van der Waals surface area contributed by atoms with E-state index in [0.717, 1.165) is 26.1 Å². The summed E-state index contributed by atoms with van der Waals surface area (Å²) < 4.78 is 26.8. The maximum atomic E-state index is 12.5. The molecule has 112 valence electrons. The first-order valence-electron chi connectivity index (χ1n) is 7.41. The van der Waals surface area contributed by atoms with Gasteiger partial charge in [0.1, 0.15) is 0 Å². The molecule has 0 amide bonds. The zero-order valence-corrected chi connectivity index (χ0v) is 13.4. The predicted octanol–water partition coefficient (Wildman–Crippen LogP) is 1.83. The highest BCUT2D eigenvalue weighted by Crippen LogP contribution is 2.37. The van der Waals surface area contributed by atoms with Gasteiger partial charge in [0.25, 0.3) is 0 Å². The lowest BCUT2D eigenvalue weighted by molar-refractivity contribution is 0.110. The Labute approximate surface area is 118 Å². The summed E-state index contributed by atoms with van der Waals surface area (Å²) in [6.45, 7) is 9.47. The topological polar surface area (TPSA) is 49.4 Å². The Balaban J connectivity index is 2.08. The second-order valence-electron chi connectivity index (χ2n) is 7.53. The van der Waals surface area contributed by atoms with Crippen molar-refractivity contribution in [3.63, 3.8) is 0 Å². The lowest BCUT2D eigenvalue weighted by Crippen LogP contribution is -2.53. The van der Waals surface area contributed by atoms with Gasteiger partial charge in [-0.25, -0.2) is 12.7 Å². The minimum absolute atomic E-state index is 0.172. The van der Waals surface area contributed by atoms with Gasteiger partial charge in [0.2, 0.25) is 10.0 Å². The lowest BCUT2D eigenvalue weighted by Gasteiger charge is -2.45. The van der Waals surface area contributed by atoms with Crippen molar-refractivity contribution >= 4 is 10.0 Å². The van der Waals surface area contributed by atoms with Crippen LogP contribution in [-0.2, 0) is 10.0 Å². The Morgan fingerprint density at radius 1 is 1.21 bits per heavy atom. The van der Waals surface area contributed by atoms with Gasteiger partial charge in [-0.2, -0.15) is 0 Å². The van der Waals surface area contributed by atoms with Crippen LogP contribution < -0.4 is 5.32 Å². The van der Waals surface area contributed by atoms with E-state index in [1.807, 2.05) is 20.8 Å². The zero-order valence-electron chi connectivity index (χ0n) is 12.5. The van der Waals surface area contributed by atoms with Crippen LogP contribution in [0.3, 0.4) is 0 Å². The van der Waals surface area contributed by atoms with Crippen LogP contribution in [0.15, 0.2) is 0 Å². The van der Waals surface area contributed by atoms with Crippen molar-refractivity contribution in [2.75, 3.05) is 31.9 Å². The highest BCUT2D eigenvalue weighted by Gasteiger charge is 2.41. The first-order valence-corrected chi connectivity index (χ1v) is 9.02. The minimum Gasteiger partial charge on any atom is -0.316 e. The molecule has 19 heavy (non-hydrogen) atoms. The standard InChI is InChI=1S/C14H28N2O2S/c1-13(2,3)12-19(17,18)16-9-5-7-14(11-16)6-4-8-15-10-14/h15H,4-12H2,1-3H3.